The number of aliphatic hydroxyl groups is 1. The van der Waals surface area contributed by atoms with Crippen LogP contribution in [0.3, 0.4) is 0 Å². The van der Waals surface area contributed by atoms with E-state index in [1.807, 2.05) is 0 Å². The summed E-state index contributed by atoms with van der Waals surface area (Å²) in [5.41, 5.74) is 1.79. The Morgan fingerprint density at radius 1 is 1.16 bits per heavy atom. The molecule has 3 aromatic rings. The number of pyridine rings is 1. The summed E-state index contributed by atoms with van der Waals surface area (Å²) in [6.45, 7) is 0.292. The number of hydrogen-bond acceptors (Lipinski definition) is 6. The Morgan fingerprint density at radius 3 is 2.61 bits per heavy atom. The first kappa shape index (κ1) is 19.7. The van der Waals surface area contributed by atoms with Crippen molar-refractivity contribution < 1.29 is 27.5 Å². The minimum atomic E-state index is -2.88. The lowest BCUT2D eigenvalue weighted by molar-refractivity contribution is 0.0276. The van der Waals surface area contributed by atoms with E-state index in [9.17, 15) is 23.1 Å². The van der Waals surface area contributed by atoms with Gasteiger partial charge in [0.1, 0.15) is 11.9 Å². The maximum atomic E-state index is 13.2. The number of benzene rings is 1. The van der Waals surface area contributed by atoms with Crippen LogP contribution in [-0.2, 0) is 6.54 Å². The number of aliphatic hydroxyl groups excluding tert-OH is 1. The van der Waals surface area contributed by atoms with Crippen molar-refractivity contribution >= 4 is 5.91 Å². The number of carbonyl (C=O) groups is 1. The van der Waals surface area contributed by atoms with Gasteiger partial charge in [0.15, 0.2) is 0 Å². The summed E-state index contributed by atoms with van der Waals surface area (Å²) in [5.74, 6) is -1.56. The average molecular weight is 430 g/mol. The van der Waals surface area contributed by atoms with Crippen molar-refractivity contribution in [3.63, 3.8) is 0 Å². The molecule has 7 nitrogen and oxygen atoms in total. The van der Waals surface area contributed by atoms with Crippen LogP contribution < -0.4 is 0 Å². The molecule has 0 saturated heterocycles. The summed E-state index contributed by atoms with van der Waals surface area (Å²) in [6, 6.07) is 7.00. The molecule has 1 aliphatic heterocycles. The Hall–Kier alpha value is -3.27. The highest BCUT2D eigenvalue weighted by molar-refractivity contribution is 5.99. The summed E-state index contributed by atoms with van der Waals surface area (Å²) >= 11 is 0. The van der Waals surface area contributed by atoms with Gasteiger partial charge in [0.25, 0.3) is 11.8 Å². The van der Waals surface area contributed by atoms with Crippen LogP contribution >= 0.6 is 0 Å². The number of aromatic nitrogens is 3. The fourth-order valence-corrected chi connectivity index (χ4v) is 3.99. The SMILES string of the molecule is O=C1c2cc(-c3nnc(C(F)F)o3)ccc2CN1[C@H](C1CC1)C(O)c1ccc(F)cn1. The lowest BCUT2D eigenvalue weighted by atomic mass is 10.0. The van der Waals surface area contributed by atoms with Gasteiger partial charge in [-0.2, -0.15) is 8.78 Å². The number of nitrogens with zero attached hydrogens (tertiary/aromatic N) is 4. The van der Waals surface area contributed by atoms with E-state index in [0.29, 0.717) is 23.4 Å². The molecule has 5 rings (SSSR count). The van der Waals surface area contributed by atoms with Gasteiger partial charge in [-0.1, -0.05) is 6.07 Å². The number of carbonyl (C=O) groups excluding carboxylic acids is 1. The zero-order valence-corrected chi connectivity index (χ0v) is 16.1. The lowest BCUT2D eigenvalue weighted by Gasteiger charge is -2.31. The lowest BCUT2D eigenvalue weighted by Crippen LogP contribution is -2.41. The van der Waals surface area contributed by atoms with Crippen molar-refractivity contribution in [3.8, 4) is 11.5 Å². The summed E-state index contributed by atoms with van der Waals surface area (Å²) in [5, 5.41) is 17.9. The summed E-state index contributed by atoms with van der Waals surface area (Å²) in [4.78, 5) is 18.8. The molecule has 2 aromatic heterocycles. The second-order valence-corrected chi connectivity index (χ2v) is 7.73. The van der Waals surface area contributed by atoms with Crippen molar-refractivity contribution in [2.24, 2.45) is 5.92 Å². The van der Waals surface area contributed by atoms with Crippen LogP contribution in [0.25, 0.3) is 11.5 Å². The molecule has 31 heavy (non-hydrogen) atoms. The third-order valence-electron chi connectivity index (χ3n) is 5.66. The third kappa shape index (κ3) is 3.56. The Bertz CT molecular complexity index is 1130. The molecule has 1 saturated carbocycles. The molecule has 1 amide bonds. The maximum Gasteiger partial charge on any atom is 0.314 e. The molecule has 2 aliphatic rings. The minimum Gasteiger partial charge on any atom is -0.415 e. The second kappa shape index (κ2) is 7.45. The van der Waals surface area contributed by atoms with Gasteiger partial charge in [-0.25, -0.2) is 4.39 Å². The Kier molecular flexibility index (Phi) is 4.73. The molecule has 2 atom stereocenters. The monoisotopic (exact) mass is 430 g/mol. The molecule has 1 N–H and O–H groups in total. The minimum absolute atomic E-state index is 0.0985. The Morgan fingerprint density at radius 2 is 1.97 bits per heavy atom. The van der Waals surface area contributed by atoms with Crippen molar-refractivity contribution in [1.82, 2.24) is 20.1 Å². The topological polar surface area (TPSA) is 92.4 Å². The largest absolute Gasteiger partial charge is 0.415 e. The number of rotatable bonds is 6. The molecule has 1 aromatic carbocycles. The zero-order chi connectivity index (χ0) is 21.7. The van der Waals surface area contributed by atoms with Gasteiger partial charge >= 0.3 is 6.43 Å². The summed E-state index contributed by atoms with van der Waals surface area (Å²) < 4.78 is 43.7. The van der Waals surface area contributed by atoms with Crippen LogP contribution in [0, 0.1) is 11.7 Å². The standard InChI is InChI=1S/C21H17F3N4O3/c22-13-5-6-15(25-8-13)17(29)16(10-1-2-10)28-9-12-4-3-11(7-14(12)21(28)30)19-26-27-20(31-19)18(23)24/h3-8,10,16-18,29H,1-2,9H2/t16-,17?/m1/s1. The number of hydrogen-bond donors (Lipinski definition) is 1. The van der Waals surface area contributed by atoms with Gasteiger partial charge in [-0.05, 0) is 48.6 Å². The van der Waals surface area contributed by atoms with Crippen molar-refractivity contribution in [2.45, 2.75) is 38.0 Å². The average Bonchev–Trinajstić information content (AvgIpc) is 3.36. The van der Waals surface area contributed by atoms with Crippen molar-refractivity contribution in [3.05, 3.63) is 65.1 Å². The smallest absolute Gasteiger partial charge is 0.314 e. The van der Waals surface area contributed by atoms with Gasteiger partial charge in [0.05, 0.1) is 17.9 Å². The molecule has 1 aliphatic carbocycles. The van der Waals surface area contributed by atoms with Crippen LogP contribution in [0.2, 0.25) is 0 Å². The number of halogens is 3. The van der Waals surface area contributed by atoms with Crippen LogP contribution in [0.4, 0.5) is 13.2 Å². The van der Waals surface area contributed by atoms with E-state index < -0.39 is 30.3 Å². The zero-order valence-electron chi connectivity index (χ0n) is 16.1. The van der Waals surface area contributed by atoms with Gasteiger partial charge < -0.3 is 14.4 Å². The van der Waals surface area contributed by atoms with E-state index in [-0.39, 0.29) is 17.7 Å². The fraction of sp³-hybridized carbons (Fsp3) is 0.333. The number of amides is 1. The Labute approximate surface area is 174 Å². The van der Waals surface area contributed by atoms with E-state index in [2.05, 4.69) is 15.2 Å². The maximum absolute atomic E-state index is 13.2. The normalized spacial score (nSPS) is 17.8. The van der Waals surface area contributed by atoms with Crippen LogP contribution in [0.15, 0.2) is 40.9 Å². The molecule has 10 heteroatoms. The predicted molar refractivity (Wildman–Crippen MR) is 100 cm³/mol. The molecular formula is C21H17F3N4O3. The highest BCUT2D eigenvalue weighted by Crippen LogP contribution is 2.43. The van der Waals surface area contributed by atoms with Crippen molar-refractivity contribution in [1.29, 1.82) is 0 Å². The molecule has 1 unspecified atom stereocenters. The summed E-state index contributed by atoms with van der Waals surface area (Å²) in [7, 11) is 0. The Balaban J connectivity index is 1.43. The fourth-order valence-electron chi connectivity index (χ4n) is 3.99. The molecule has 160 valence electrons. The van der Waals surface area contributed by atoms with Crippen LogP contribution in [0.1, 0.15) is 52.9 Å². The highest BCUT2D eigenvalue weighted by atomic mass is 19.3. The summed E-state index contributed by atoms with van der Waals surface area (Å²) in [6.07, 6.45) is -1.17. The first-order chi connectivity index (χ1) is 14.9. The van der Waals surface area contributed by atoms with E-state index in [4.69, 9.17) is 4.42 Å². The van der Waals surface area contributed by atoms with E-state index in [0.717, 1.165) is 24.6 Å². The molecule has 3 heterocycles. The number of fused-ring (bicyclic) bond motifs is 1. The number of alkyl halides is 2. The van der Waals surface area contributed by atoms with Gasteiger partial charge in [-0.3, -0.25) is 9.78 Å². The molecule has 0 radical (unpaired) electrons. The van der Waals surface area contributed by atoms with Crippen LogP contribution in [0.5, 0.6) is 0 Å². The predicted octanol–water partition coefficient (Wildman–Crippen LogP) is 3.68. The first-order valence-electron chi connectivity index (χ1n) is 9.77. The van der Waals surface area contributed by atoms with E-state index in [1.54, 1.807) is 17.0 Å². The van der Waals surface area contributed by atoms with Crippen LogP contribution in [-0.4, -0.2) is 37.1 Å². The van der Waals surface area contributed by atoms with Gasteiger partial charge in [0, 0.05) is 17.7 Å². The first-order valence-corrected chi connectivity index (χ1v) is 9.77. The molecule has 0 spiro atoms. The van der Waals surface area contributed by atoms with Gasteiger partial charge in [-0.15, -0.1) is 10.2 Å². The van der Waals surface area contributed by atoms with Gasteiger partial charge in [0.2, 0.25) is 5.89 Å². The highest BCUT2D eigenvalue weighted by Gasteiger charge is 2.45. The molecular weight excluding hydrogens is 413 g/mol. The molecule has 0 bridgehead atoms. The van der Waals surface area contributed by atoms with E-state index in [1.165, 1.54) is 18.2 Å². The quantitative estimate of drug-likeness (QED) is 0.642. The second-order valence-electron chi connectivity index (χ2n) is 7.73. The third-order valence-corrected chi connectivity index (χ3v) is 5.66. The van der Waals surface area contributed by atoms with E-state index >= 15 is 0 Å². The van der Waals surface area contributed by atoms with Crippen molar-refractivity contribution in [2.75, 3.05) is 0 Å². The molecule has 1 fully saturated rings.